The number of carbonyl (C=O) groups is 1. The van der Waals surface area contributed by atoms with Gasteiger partial charge in [0.15, 0.2) is 10.8 Å². The summed E-state index contributed by atoms with van der Waals surface area (Å²) in [6.07, 6.45) is 1.48. The molecule has 0 bridgehead atoms. The van der Waals surface area contributed by atoms with Crippen LogP contribution >= 0.6 is 11.8 Å². The molecule has 3 rings (SSSR count). The number of nitrogens with zero attached hydrogens (tertiary/aromatic N) is 3. The Morgan fingerprint density at radius 3 is 2.67 bits per heavy atom. The number of nitrogens with one attached hydrogen (secondary N) is 1. The van der Waals surface area contributed by atoms with Crippen molar-refractivity contribution in [2.45, 2.75) is 23.8 Å². The van der Waals surface area contributed by atoms with E-state index in [1.54, 1.807) is 18.5 Å². The first kappa shape index (κ1) is 16.3. The van der Waals surface area contributed by atoms with E-state index in [4.69, 9.17) is 4.74 Å². The number of aromatic nitrogens is 4. The fourth-order valence-corrected chi connectivity index (χ4v) is 3.16. The lowest BCUT2D eigenvalue weighted by molar-refractivity contribution is -0.142. The highest BCUT2D eigenvalue weighted by molar-refractivity contribution is 8.01. The Morgan fingerprint density at radius 2 is 2.00 bits per heavy atom. The smallest absolute Gasteiger partial charge is 0.321 e. The van der Waals surface area contributed by atoms with Gasteiger partial charge in [0, 0.05) is 0 Å². The van der Waals surface area contributed by atoms with Crippen molar-refractivity contribution in [2.24, 2.45) is 0 Å². The zero-order valence-corrected chi connectivity index (χ0v) is 14.3. The van der Waals surface area contributed by atoms with E-state index in [0.717, 1.165) is 17.4 Å². The van der Waals surface area contributed by atoms with Gasteiger partial charge < -0.3 is 9.72 Å². The van der Waals surface area contributed by atoms with Crippen LogP contribution in [0.25, 0.3) is 16.7 Å². The van der Waals surface area contributed by atoms with Crippen molar-refractivity contribution in [3.05, 3.63) is 46.9 Å². The van der Waals surface area contributed by atoms with Gasteiger partial charge in [0.2, 0.25) is 0 Å². The van der Waals surface area contributed by atoms with E-state index < -0.39 is 10.7 Å². The second-order valence-electron chi connectivity index (χ2n) is 5.60. The van der Waals surface area contributed by atoms with Crippen LogP contribution in [0.5, 0.6) is 0 Å². The molecule has 0 atom stereocenters. The number of fused-ring (bicyclic) bond motifs is 1. The molecule has 2 aromatic heterocycles. The number of ether oxygens (including phenoxy) is 1. The van der Waals surface area contributed by atoms with Crippen LogP contribution in [-0.4, -0.2) is 37.6 Å². The summed E-state index contributed by atoms with van der Waals surface area (Å²) in [5, 5.41) is 4.97. The molecule has 0 saturated heterocycles. The van der Waals surface area contributed by atoms with E-state index in [-0.39, 0.29) is 5.56 Å². The van der Waals surface area contributed by atoms with Gasteiger partial charge in [0.05, 0.1) is 19.0 Å². The molecular formula is C16H16N4O3S. The summed E-state index contributed by atoms with van der Waals surface area (Å²) in [4.78, 5) is 31.3. The fraction of sp³-hybridized carbons (Fsp3) is 0.250. The number of para-hydroxylation sites is 1. The van der Waals surface area contributed by atoms with Crippen molar-refractivity contribution in [1.82, 2.24) is 19.7 Å². The van der Waals surface area contributed by atoms with Gasteiger partial charge in [-0.05, 0) is 26.0 Å². The highest BCUT2D eigenvalue weighted by Crippen LogP contribution is 2.31. The quantitative estimate of drug-likeness (QED) is 0.443. The number of hydrogen-bond acceptors (Lipinski definition) is 6. The Labute approximate surface area is 142 Å². The summed E-state index contributed by atoms with van der Waals surface area (Å²) in [6.45, 7) is 3.42. The molecule has 0 aliphatic carbocycles. The molecule has 0 saturated carbocycles. The molecule has 0 spiro atoms. The maximum atomic E-state index is 12.3. The Balaban J connectivity index is 2.09. The molecule has 8 heteroatoms. The van der Waals surface area contributed by atoms with Crippen molar-refractivity contribution < 1.29 is 9.53 Å². The van der Waals surface area contributed by atoms with E-state index in [1.807, 2.05) is 30.3 Å². The molecule has 0 unspecified atom stereocenters. The average Bonchev–Trinajstić information content (AvgIpc) is 2.98. The van der Waals surface area contributed by atoms with E-state index in [0.29, 0.717) is 16.2 Å². The molecule has 0 amide bonds. The van der Waals surface area contributed by atoms with Gasteiger partial charge in [0.1, 0.15) is 10.1 Å². The first-order chi connectivity index (χ1) is 11.4. The number of esters is 1. The highest BCUT2D eigenvalue weighted by Gasteiger charge is 2.31. The standard InChI is InChI=1S/C16H16N4O3S/c1-16(2,14(22)23-3)24-15-18-12-11(13(21)19-15)9-17-20(12)10-7-5-4-6-8-10/h4-9H,1-3H3,(H,18,19,21). The number of benzene rings is 1. The number of hydrogen-bond donors (Lipinski definition) is 1. The van der Waals surface area contributed by atoms with Gasteiger partial charge in [-0.2, -0.15) is 5.10 Å². The molecule has 0 radical (unpaired) electrons. The first-order valence-electron chi connectivity index (χ1n) is 7.23. The molecule has 7 nitrogen and oxygen atoms in total. The third kappa shape index (κ3) is 2.92. The molecule has 24 heavy (non-hydrogen) atoms. The van der Waals surface area contributed by atoms with Crippen LogP contribution in [0, 0.1) is 0 Å². The van der Waals surface area contributed by atoms with Gasteiger partial charge >= 0.3 is 5.97 Å². The Hall–Kier alpha value is -2.61. The van der Waals surface area contributed by atoms with Crippen molar-refractivity contribution in [1.29, 1.82) is 0 Å². The van der Waals surface area contributed by atoms with Crippen LogP contribution in [0.3, 0.4) is 0 Å². The minimum atomic E-state index is -0.879. The van der Waals surface area contributed by atoms with Crippen LogP contribution in [-0.2, 0) is 9.53 Å². The van der Waals surface area contributed by atoms with Crippen molar-refractivity contribution >= 4 is 28.8 Å². The number of aromatic amines is 1. The third-order valence-electron chi connectivity index (χ3n) is 3.45. The van der Waals surface area contributed by atoms with Gasteiger partial charge in [0.25, 0.3) is 5.56 Å². The minimum Gasteiger partial charge on any atom is -0.468 e. The molecule has 0 aliphatic rings. The zero-order chi connectivity index (χ0) is 17.3. The van der Waals surface area contributed by atoms with Gasteiger partial charge in [-0.15, -0.1) is 0 Å². The Morgan fingerprint density at radius 1 is 1.29 bits per heavy atom. The summed E-state index contributed by atoms with van der Waals surface area (Å²) in [5.74, 6) is -0.396. The average molecular weight is 344 g/mol. The van der Waals surface area contributed by atoms with Crippen LogP contribution in [0.4, 0.5) is 0 Å². The van der Waals surface area contributed by atoms with Gasteiger partial charge in [-0.3, -0.25) is 9.59 Å². The maximum absolute atomic E-state index is 12.3. The molecule has 1 N–H and O–H groups in total. The highest BCUT2D eigenvalue weighted by atomic mass is 32.2. The summed E-state index contributed by atoms with van der Waals surface area (Å²) in [5.41, 5.74) is 0.937. The maximum Gasteiger partial charge on any atom is 0.321 e. The van der Waals surface area contributed by atoms with Gasteiger partial charge in [-0.1, -0.05) is 30.0 Å². The first-order valence-corrected chi connectivity index (χ1v) is 8.05. The number of methoxy groups -OCH3 is 1. The lowest BCUT2D eigenvalue weighted by atomic mass is 10.2. The molecule has 124 valence electrons. The van der Waals surface area contributed by atoms with E-state index in [9.17, 15) is 9.59 Å². The monoisotopic (exact) mass is 344 g/mol. The van der Waals surface area contributed by atoms with E-state index >= 15 is 0 Å². The van der Waals surface area contributed by atoms with Crippen LogP contribution < -0.4 is 5.56 Å². The SMILES string of the molecule is COC(=O)C(C)(C)Sc1nc2c(cnn2-c2ccccc2)c(=O)[nH]1. The molecular weight excluding hydrogens is 328 g/mol. The topological polar surface area (TPSA) is 89.9 Å². The third-order valence-corrected chi connectivity index (χ3v) is 4.51. The number of rotatable bonds is 4. The largest absolute Gasteiger partial charge is 0.468 e. The summed E-state index contributed by atoms with van der Waals surface area (Å²) < 4.78 is 5.50. The van der Waals surface area contributed by atoms with Crippen molar-refractivity contribution in [3.8, 4) is 5.69 Å². The second-order valence-corrected chi connectivity index (χ2v) is 7.22. The molecule has 0 fully saturated rings. The second kappa shape index (κ2) is 6.12. The minimum absolute atomic E-state index is 0.301. The van der Waals surface area contributed by atoms with Crippen molar-refractivity contribution in [3.63, 3.8) is 0 Å². The van der Waals surface area contributed by atoms with Crippen molar-refractivity contribution in [2.75, 3.05) is 7.11 Å². The Kier molecular flexibility index (Phi) is 4.15. The normalized spacial score (nSPS) is 11.6. The van der Waals surface area contributed by atoms with E-state index in [1.165, 1.54) is 13.3 Å². The number of thioether (sulfide) groups is 1. The summed E-state index contributed by atoms with van der Waals surface area (Å²) in [6, 6.07) is 9.41. The van der Waals surface area contributed by atoms with Crippen LogP contribution in [0.2, 0.25) is 0 Å². The predicted octanol–water partition coefficient (Wildman–Crippen LogP) is 2.15. The molecule has 1 aromatic carbocycles. The lowest BCUT2D eigenvalue weighted by Crippen LogP contribution is -2.29. The number of H-pyrrole nitrogens is 1. The molecule has 2 heterocycles. The van der Waals surface area contributed by atoms with Gasteiger partial charge in [-0.25, -0.2) is 9.67 Å². The fourth-order valence-electron chi connectivity index (χ4n) is 2.23. The zero-order valence-electron chi connectivity index (χ0n) is 13.4. The molecule has 0 aliphatic heterocycles. The van der Waals surface area contributed by atoms with Crippen LogP contribution in [0.15, 0.2) is 46.5 Å². The summed E-state index contributed by atoms with van der Waals surface area (Å²) >= 11 is 1.13. The Bertz CT molecular complexity index is 947. The summed E-state index contributed by atoms with van der Waals surface area (Å²) in [7, 11) is 1.33. The predicted molar refractivity (Wildman–Crippen MR) is 91.4 cm³/mol. The van der Waals surface area contributed by atoms with Crippen LogP contribution in [0.1, 0.15) is 13.8 Å². The van der Waals surface area contributed by atoms with E-state index in [2.05, 4.69) is 15.1 Å². The lowest BCUT2D eigenvalue weighted by Gasteiger charge is -2.19. The number of carbonyl (C=O) groups excluding carboxylic acids is 1. The molecule has 3 aromatic rings.